The maximum Gasteiger partial charge on any atom is 0.411 e. The largest absolute Gasteiger partial charge is 0.480 e. The molecule has 2 heterocycles. The topological polar surface area (TPSA) is 97.6 Å². The van der Waals surface area contributed by atoms with Gasteiger partial charge < -0.3 is 9.84 Å². The summed E-state index contributed by atoms with van der Waals surface area (Å²) in [6, 6.07) is 14.3. The zero-order chi connectivity index (χ0) is 20.5. The number of hydrogen-bond acceptors (Lipinski definition) is 5. The number of anilines is 1. The molecule has 0 aliphatic carbocycles. The van der Waals surface area contributed by atoms with Gasteiger partial charge in [-0.15, -0.1) is 11.8 Å². The van der Waals surface area contributed by atoms with Gasteiger partial charge in [0.1, 0.15) is 11.1 Å². The third kappa shape index (κ3) is 3.47. The Bertz CT molecular complexity index is 1180. The molecule has 1 aliphatic rings. The predicted molar refractivity (Wildman–Crippen MR) is 111 cm³/mol. The molecule has 1 unspecified atom stereocenters. The van der Waals surface area contributed by atoms with Crippen molar-refractivity contribution in [2.45, 2.75) is 17.5 Å². The maximum absolute atomic E-state index is 12.8. The monoisotopic (exact) mass is 410 g/mol. The van der Waals surface area contributed by atoms with Gasteiger partial charge in [-0.2, -0.15) is 0 Å². The average Bonchev–Trinajstić information content (AvgIpc) is 3.17. The summed E-state index contributed by atoms with van der Waals surface area (Å²) in [5.41, 5.74) is 1.63. The Morgan fingerprint density at radius 2 is 1.97 bits per heavy atom. The molecule has 0 saturated carbocycles. The van der Waals surface area contributed by atoms with Crippen molar-refractivity contribution in [3.63, 3.8) is 0 Å². The van der Waals surface area contributed by atoms with Gasteiger partial charge >= 0.3 is 12.1 Å². The highest BCUT2D eigenvalue weighted by Crippen LogP contribution is 2.39. The molecule has 7 nitrogen and oxygen atoms in total. The van der Waals surface area contributed by atoms with Crippen LogP contribution in [-0.2, 0) is 16.0 Å². The Morgan fingerprint density at radius 1 is 1.21 bits per heavy atom. The summed E-state index contributed by atoms with van der Waals surface area (Å²) >= 11 is 1.24. The van der Waals surface area contributed by atoms with Crippen LogP contribution in [0.15, 0.2) is 58.4 Å². The number of aromatic nitrogens is 1. The lowest BCUT2D eigenvalue weighted by Crippen LogP contribution is -2.30. The highest BCUT2D eigenvalue weighted by molar-refractivity contribution is 7.99. The van der Waals surface area contributed by atoms with Crippen LogP contribution in [0.4, 0.5) is 10.5 Å². The minimum absolute atomic E-state index is 0.220. The molecular weight excluding hydrogens is 392 g/mol. The van der Waals surface area contributed by atoms with E-state index in [2.05, 4.69) is 5.32 Å². The van der Waals surface area contributed by atoms with Crippen LogP contribution in [0.5, 0.6) is 0 Å². The van der Waals surface area contributed by atoms with E-state index in [1.807, 2.05) is 42.5 Å². The second-order valence-corrected chi connectivity index (χ2v) is 7.66. The Labute approximate surface area is 170 Å². The minimum Gasteiger partial charge on any atom is -0.480 e. The highest BCUT2D eigenvalue weighted by Gasteiger charge is 2.33. The number of carbonyl (C=O) groups excluding carboxylic acids is 1. The van der Waals surface area contributed by atoms with Crippen molar-refractivity contribution in [2.75, 3.05) is 18.2 Å². The van der Waals surface area contributed by atoms with Crippen LogP contribution in [0.2, 0.25) is 0 Å². The van der Waals surface area contributed by atoms with E-state index in [0.717, 1.165) is 16.3 Å². The van der Waals surface area contributed by atoms with E-state index < -0.39 is 23.7 Å². The molecule has 8 heteroatoms. The Hall–Kier alpha value is -3.26. The number of amides is 1. The van der Waals surface area contributed by atoms with Gasteiger partial charge in [-0.25, -0.2) is 9.59 Å². The molecule has 3 aromatic rings. The molecule has 0 radical (unpaired) electrons. The van der Waals surface area contributed by atoms with Crippen LogP contribution in [0, 0.1) is 0 Å². The van der Waals surface area contributed by atoms with Crippen molar-refractivity contribution in [2.24, 2.45) is 0 Å². The van der Waals surface area contributed by atoms with Crippen LogP contribution in [0.25, 0.3) is 10.8 Å². The van der Waals surface area contributed by atoms with E-state index >= 15 is 0 Å². The van der Waals surface area contributed by atoms with Crippen LogP contribution in [0.3, 0.4) is 0 Å². The third-order valence-electron chi connectivity index (χ3n) is 4.94. The number of fused-ring (bicyclic) bond motifs is 2. The summed E-state index contributed by atoms with van der Waals surface area (Å²) in [5, 5.41) is 14.7. The van der Waals surface area contributed by atoms with Crippen LogP contribution < -0.4 is 10.9 Å². The normalized spacial score (nSPS) is 15.1. The first kappa shape index (κ1) is 19.1. The van der Waals surface area contributed by atoms with Crippen LogP contribution in [-0.4, -0.2) is 34.6 Å². The quantitative estimate of drug-likeness (QED) is 0.683. The van der Waals surface area contributed by atoms with E-state index in [0.29, 0.717) is 22.7 Å². The number of carboxylic acid groups (broad SMARTS) is 1. The summed E-state index contributed by atoms with van der Waals surface area (Å²) in [6.45, 7) is 0. The van der Waals surface area contributed by atoms with E-state index in [4.69, 9.17) is 4.74 Å². The number of pyridine rings is 1. The number of hydrogen-bond donors (Lipinski definition) is 2. The highest BCUT2D eigenvalue weighted by atomic mass is 32.2. The zero-order valence-electron chi connectivity index (χ0n) is 15.5. The fourth-order valence-corrected chi connectivity index (χ4v) is 4.87. The molecule has 4 rings (SSSR count). The summed E-state index contributed by atoms with van der Waals surface area (Å²) < 4.78 is 5.96. The minimum atomic E-state index is -1.08. The zero-order valence-corrected chi connectivity index (χ0v) is 16.4. The van der Waals surface area contributed by atoms with Gasteiger partial charge in [0.15, 0.2) is 0 Å². The average molecular weight is 410 g/mol. The van der Waals surface area contributed by atoms with Crippen LogP contribution >= 0.6 is 11.8 Å². The van der Waals surface area contributed by atoms with Gasteiger partial charge in [-0.05, 0) is 21.9 Å². The van der Waals surface area contributed by atoms with E-state index in [1.165, 1.54) is 29.5 Å². The van der Waals surface area contributed by atoms with Crippen molar-refractivity contribution >= 4 is 40.3 Å². The number of aliphatic carboxylic acids is 1. The molecular formula is C21H18N2O5S. The second-order valence-electron chi connectivity index (χ2n) is 6.65. The SMILES string of the molecule is COC(=O)Nc1c(Cc2cccc3ccccc23)cc(=O)n2c1SCC2C(=O)O. The number of nitrogens with one attached hydrogen (secondary N) is 1. The predicted octanol–water partition coefficient (Wildman–Crippen LogP) is 3.50. The number of rotatable bonds is 4. The van der Waals surface area contributed by atoms with E-state index in [-0.39, 0.29) is 5.75 Å². The lowest BCUT2D eigenvalue weighted by Gasteiger charge is -2.17. The summed E-state index contributed by atoms with van der Waals surface area (Å²) in [5.74, 6) is -0.859. The first-order valence-electron chi connectivity index (χ1n) is 8.95. The fraction of sp³-hybridized carbons (Fsp3) is 0.190. The molecule has 0 bridgehead atoms. The summed E-state index contributed by atoms with van der Waals surface area (Å²) in [7, 11) is 1.25. The molecule has 0 fully saturated rings. The first-order chi connectivity index (χ1) is 14.0. The molecule has 148 valence electrons. The van der Waals surface area contributed by atoms with Gasteiger partial charge in [0, 0.05) is 18.2 Å². The van der Waals surface area contributed by atoms with Crippen molar-refractivity contribution in [3.05, 3.63) is 70.0 Å². The molecule has 2 N–H and O–H groups in total. The Balaban J connectivity index is 1.87. The standard InChI is InChI=1S/C21H18N2O5S/c1-28-21(27)22-18-14(9-13-7-4-6-12-5-2-3-8-15(12)13)10-17(24)23-16(20(25)26)11-29-19(18)23/h2-8,10,16H,9,11H2,1H3,(H,22,27)(H,25,26). The van der Waals surface area contributed by atoms with Crippen molar-refractivity contribution in [3.8, 4) is 0 Å². The van der Waals surface area contributed by atoms with Gasteiger partial charge in [0.2, 0.25) is 0 Å². The van der Waals surface area contributed by atoms with Gasteiger partial charge in [-0.1, -0.05) is 42.5 Å². The summed E-state index contributed by atoms with van der Waals surface area (Å²) in [4.78, 5) is 36.2. The molecule has 1 aliphatic heterocycles. The lowest BCUT2D eigenvalue weighted by molar-refractivity contribution is -0.140. The van der Waals surface area contributed by atoms with Crippen molar-refractivity contribution in [1.29, 1.82) is 0 Å². The number of methoxy groups -OCH3 is 1. The number of benzene rings is 2. The number of carboxylic acids is 1. The van der Waals surface area contributed by atoms with Crippen molar-refractivity contribution in [1.82, 2.24) is 4.57 Å². The number of thioether (sulfide) groups is 1. The molecule has 1 aromatic heterocycles. The number of nitrogens with zero attached hydrogens (tertiary/aromatic N) is 1. The van der Waals surface area contributed by atoms with Gasteiger partial charge in [-0.3, -0.25) is 14.7 Å². The second kappa shape index (κ2) is 7.63. The smallest absolute Gasteiger partial charge is 0.411 e. The molecule has 2 aromatic carbocycles. The number of carbonyl (C=O) groups is 2. The molecule has 29 heavy (non-hydrogen) atoms. The lowest BCUT2D eigenvalue weighted by atomic mass is 9.98. The first-order valence-corrected chi connectivity index (χ1v) is 9.93. The fourth-order valence-electron chi connectivity index (χ4n) is 3.58. The summed E-state index contributed by atoms with van der Waals surface area (Å²) in [6.07, 6.45) is -0.271. The third-order valence-corrected chi connectivity index (χ3v) is 6.09. The van der Waals surface area contributed by atoms with Crippen molar-refractivity contribution < 1.29 is 19.4 Å². The van der Waals surface area contributed by atoms with E-state index in [1.54, 1.807) is 0 Å². The maximum atomic E-state index is 12.8. The van der Waals surface area contributed by atoms with Crippen LogP contribution in [0.1, 0.15) is 17.2 Å². The Morgan fingerprint density at radius 3 is 2.72 bits per heavy atom. The van der Waals surface area contributed by atoms with E-state index in [9.17, 15) is 19.5 Å². The van der Waals surface area contributed by atoms with Gasteiger partial charge in [0.05, 0.1) is 12.8 Å². The van der Waals surface area contributed by atoms with Gasteiger partial charge in [0.25, 0.3) is 5.56 Å². The number of ether oxygens (including phenoxy) is 1. The molecule has 0 saturated heterocycles. The molecule has 0 spiro atoms. The molecule has 1 atom stereocenters. The molecule has 1 amide bonds. The Kier molecular flexibility index (Phi) is 5.02.